The van der Waals surface area contributed by atoms with Crippen molar-refractivity contribution in [1.82, 2.24) is 15.6 Å². The van der Waals surface area contributed by atoms with E-state index in [0.717, 1.165) is 47.8 Å². The minimum absolute atomic E-state index is 0.0255. The molecular formula is C18H23N3OS. The van der Waals surface area contributed by atoms with Crippen molar-refractivity contribution in [2.45, 2.75) is 32.6 Å². The maximum atomic E-state index is 12.5. The Morgan fingerprint density at radius 2 is 2.22 bits per heavy atom. The van der Waals surface area contributed by atoms with E-state index in [9.17, 15) is 4.79 Å². The second kappa shape index (κ2) is 7.23. The van der Waals surface area contributed by atoms with Crippen molar-refractivity contribution in [2.24, 2.45) is 0 Å². The van der Waals surface area contributed by atoms with Crippen LogP contribution in [0.25, 0.3) is 0 Å². The zero-order valence-corrected chi connectivity index (χ0v) is 14.5. The van der Waals surface area contributed by atoms with Gasteiger partial charge in [-0.15, -0.1) is 11.3 Å². The van der Waals surface area contributed by atoms with Gasteiger partial charge in [0.1, 0.15) is 0 Å². The summed E-state index contributed by atoms with van der Waals surface area (Å²) >= 11 is 1.71. The standard InChI is InChI=1S/C18H23N3OS/c1-12-13(2)23-17(21-12)8-10-20-18(22)16-6-4-3-5-15(16)14-7-9-19-11-14/h3-6,14,19H,7-11H2,1-2H3,(H,20,22). The Balaban J connectivity index is 1.62. The monoisotopic (exact) mass is 329 g/mol. The van der Waals surface area contributed by atoms with Crippen LogP contribution in [-0.2, 0) is 6.42 Å². The third kappa shape index (κ3) is 3.79. The van der Waals surface area contributed by atoms with E-state index in [-0.39, 0.29) is 5.91 Å². The van der Waals surface area contributed by atoms with Crippen LogP contribution in [0.1, 0.15) is 43.8 Å². The van der Waals surface area contributed by atoms with Crippen LogP contribution < -0.4 is 10.6 Å². The van der Waals surface area contributed by atoms with Crippen LogP contribution in [0.4, 0.5) is 0 Å². The van der Waals surface area contributed by atoms with Crippen molar-refractivity contribution in [3.63, 3.8) is 0 Å². The molecule has 1 aliphatic rings. The Morgan fingerprint density at radius 3 is 2.91 bits per heavy atom. The molecular weight excluding hydrogens is 306 g/mol. The van der Waals surface area contributed by atoms with Crippen molar-refractivity contribution < 1.29 is 4.79 Å². The fourth-order valence-corrected chi connectivity index (χ4v) is 3.94. The van der Waals surface area contributed by atoms with E-state index in [1.54, 1.807) is 11.3 Å². The molecule has 1 amide bonds. The highest BCUT2D eigenvalue weighted by molar-refractivity contribution is 7.11. The molecule has 23 heavy (non-hydrogen) atoms. The average Bonchev–Trinajstić information content (AvgIpc) is 3.18. The van der Waals surface area contributed by atoms with E-state index in [1.165, 1.54) is 4.88 Å². The summed E-state index contributed by atoms with van der Waals surface area (Å²) in [6, 6.07) is 7.97. The molecule has 1 atom stereocenters. The Morgan fingerprint density at radius 1 is 1.39 bits per heavy atom. The third-order valence-electron chi connectivity index (χ3n) is 4.40. The number of benzene rings is 1. The first-order valence-corrected chi connectivity index (χ1v) is 8.97. The number of aryl methyl sites for hydroxylation is 2. The summed E-state index contributed by atoms with van der Waals surface area (Å²) in [5.41, 5.74) is 3.07. The minimum atomic E-state index is 0.0255. The zero-order chi connectivity index (χ0) is 16.2. The first-order chi connectivity index (χ1) is 11.1. The molecule has 0 saturated carbocycles. The summed E-state index contributed by atoms with van der Waals surface area (Å²) in [5, 5.41) is 7.51. The Hall–Kier alpha value is -1.72. The van der Waals surface area contributed by atoms with Gasteiger partial charge in [0.15, 0.2) is 0 Å². The number of amides is 1. The van der Waals surface area contributed by atoms with E-state index in [4.69, 9.17) is 0 Å². The smallest absolute Gasteiger partial charge is 0.251 e. The van der Waals surface area contributed by atoms with Crippen LogP contribution >= 0.6 is 11.3 Å². The van der Waals surface area contributed by atoms with Crippen molar-refractivity contribution in [3.05, 3.63) is 51.0 Å². The highest BCUT2D eigenvalue weighted by Gasteiger charge is 2.21. The molecule has 1 unspecified atom stereocenters. The molecule has 1 saturated heterocycles. The number of nitrogens with zero attached hydrogens (tertiary/aromatic N) is 1. The summed E-state index contributed by atoms with van der Waals surface area (Å²) in [4.78, 5) is 18.3. The Labute approximate surface area is 141 Å². The van der Waals surface area contributed by atoms with Gasteiger partial charge in [0.05, 0.1) is 10.7 Å². The van der Waals surface area contributed by atoms with Gasteiger partial charge in [-0.05, 0) is 44.4 Å². The number of carbonyl (C=O) groups excluding carboxylic acids is 1. The van der Waals surface area contributed by atoms with Crippen molar-refractivity contribution in [1.29, 1.82) is 0 Å². The fourth-order valence-electron chi connectivity index (χ4n) is 3.00. The molecule has 2 heterocycles. The van der Waals surface area contributed by atoms with Crippen LogP contribution in [0.2, 0.25) is 0 Å². The lowest BCUT2D eigenvalue weighted by Gasteiger charge is -2.14. The van der Waals surface area contributed by atoms with Gasteiger partial charge in [0.25, 0.3) is 5.91 Å². The first-order valence-electron chi connectivity index (χ1n) is 8.16. The Bertz CT molecular complexity index is 670. The van der Waals surface area contributed by atoms with Gasteiger partial charge in [0, 0.05) is 30.0 Å². The third-order valence-corrected chi connectivity index (χ3v) is 5.54. The van der Waals surface area contributed by atoms with E-state index >= 15 is 0 Å². The maximum absolute atomic E-state index is 12.5. The molecule has 0 radical (unpaired) electrons. The number of carbonyl (C=O) groups is 1. The second-order valence-electron chi connectivity index (χ2n) is 6.03. The molecule has 0 bridgehead atoms. The first kappa shape index (κ1) is 16.1. The molecule has 1 aromatic carbocycles. The number of aromatic nitrogens is 1. The maximum Gasteiger partial charge on any atom is 0.251 e. The van der Waals surface area contributed by atoms with Crippen LogP contribution in [-0.4, -0.2) is 30.5 Å². The van der Waals surface area contributed by atoms with Crippen molar-refractivity contribution in [3.8, 4) is 0 Å². The number of hydrogen-bond acceptors (Lipinski definition) is 4. The summed E-state index contributed by atoms with van der Waals surface area (Å²) in [6.07, 6.45) is 1.89. The quantitative estimate of drug-likeness (QED) is 0.887. The molecule has 0 aliphatic carbocycles. The lowest BCUT2D eigenvalue weighted by molar-refractivity contribution is 0.0953. The average molecular weight is 329 g/mol. The van der Waals surface area contributed by atoms with E-state index < -0.39 is 0 Å². The molecule has 3 rings (SSSR count). The molecule has 1 fully saturated rings. The highest BCUT2D eigenvalue weighted by Crippen LogP contribution is 2.25. The molecule has 122 valence electrons. The van der Waals surface area contributed by atoms with Crippen molar-refractivity contribution >= 4 is 17.2 Å². The summed E-state index contributed by atoms with van der Waals surface area (Å²) in [6.45, 7) is 6.73. The van der Waals surface area contributed by atoms with Gasteiger partial charge in [-0.3, -0.25) is 4.79 Å². The van der Waals surface area contributed by atoms with Crippen LogP contribution in [0.15, 0.2) is 24.3 Å². The Kier molecular flexibility index (Phi) is 5.08. The lowest BCUT2D eigenvalue weighted by Crippen LogP contribution is -2.27. The number of nitrogens with one attached hydrogen (secondary N) is 2. The predicted molar refractivity (Wildman–Crippen MR) is 94.3 cm³/mol. The number of hydrogen-bond donors (Lipinski definition) is 2. The molecule has 5 heteroatoms. The largest absolute Gasteiger partial charge is 0.352 e. The highest BCUT2D eigenvalue weighted by atomic mass is 32.1. The predicted octanol–water partition coefficient (Wildman–Crippen LogP) is 2.81. The van der Waals surface area contributed by atoms with Crippen molar-refractivity contribution in [2.75, 3.05) is 19.6 Å². The van der Waals surface area contributed by atoms with Crippen LogP contribution in [0.3, 0.4) is 0 Å². The van der Waals surface area contributed by atoms with Gasteiger partial charge in [-0.1, -0.05) is 18.2 Å². The normalized spacial score (nSPS) is 17.4. The zero-order valence-electron chi connectivity index (χ0n) is 13.7. The van der Waals surface area contributed by atoms with Gasteiger partial charge in [0.2, 0.25) is 0 Å². The minimum Gasteiger partial charge on any atom is -0.352 e. The van der Waals surface area contributed by atoms with Crippen LogP contribution in [0, 0.1) is 13.8 Å². The van der Waals surface area contributed by atoms with Gasteiger partial charge in [-0.2, -0.15) is 0 Å². The lowest BCUT2D eigenvalue weighted by atomic mass is 9.93. The molecule has 2 N–H and O–H groups in total. The SMILES string of the molecule is Cc1nc(CCNC(=O)c2ccccc2C2CCNC2)sc1C. The molecule has 0 spiro atoms. The number of thiazole rings is 1. The molecule has 4 nitrogen and oxygen atoms in total. The van der Waals surface area contributed by atoms with Gasteiger partial charge < -0.3 is 10.6 Å². The van der Waals surface area contributed by atoms with Crippen LogP contribution in [0.5, 0.6) is 0 Å². The summed E-state index contributed by atoms with van der Waals surface area (Å²) in [7, 11) is 0. The fraction of sp³-hybridized carbons (Fsp3) is 0.444. The van der Waals surface area contributed by atoms with E-state index in [0.29, 0.717) is 12.5 Å². The summed E-state index contributed by atoms with van der Waals surface area (Å²) < 4.78 is 0. The summed E-state index contributed by atoms with van der Waals surface area (Å²) in [5.74, 6) is 0.471. The van der Waals surface area contributed by atoms with E-state index in [2.05, 4.69) is 28.6 Å². The molecule has 2 aromatic rings. The second-order valence-corrected chi connectivity index (χ2v) is 7.32. The molecule has 1 aromatic heterocycles. The molecule has 1 aliphatic heterocycles. The van der Waals surface area contributed by atoms with E-state index in [1.807, 2.05) is 25.1 Å². The van der Waals surface area contributed by atoms with Gasteiger partial charge in [-0.25, -0.2) is 4.98 Å². The van der Waals surface area contributed by atoms with Gasteiger partial charge >= 0.3 is 0 Å². The number of rotatable bonds is 5. The topological polar surface area (TPSA) is 54.0 Å².